The minimum atomic E-state index is -1.09. The van der Waals surface area contributed by atoms with Gasteiger partial charge in [-0.25, -0.2) is 0 Å². The average Bonchev–Trinajstić information content (AvgIpc) is 3.07. The van der Waals surface area contributed by atoms with E-state index in [4.69, 9.17) is 4.99 Å². The number of allylic oxidation sites excluding steroid dienone is 2. The summed E-state index contributed by atoms with van der Waals surface area (Å²) in [6.07, 6.45) is 0. The predicted molar refractivity (Wildman–Crippen MR) is 207 cm³/mol. The molecule has 3 nitrogen and oxygen atoms in total. The zero-order valence-electron chi connectivity index (χ0n) is 30.3. The van der Waals surface area contributed by atoms with E-state index in [1.807, 2.05) is 67.6 Å². The van der Waals surface area contributed by atoms with E-state index in [1.165, 1.54) is 27.9 Å². The van der Waals surface area contributed by atoms with E-state index in [1.54, 1.807) is 0 Å². The van der Waals surface area contributed by atoms with Crippen molar-refractivity contribution in [2.24, 2.45) is 4.99 Å². The summed E-state index contributed by atoms with van der Waals surface area (Å²) in [7, 11) is 0. The van der Waals surface area contributed by atoms with Crippen LogP contribution in [0.1, 0.15) is 131 Å². The number of para-hydroxylation sites is 2. The normalized spacial score (nSPS) is 12.3. The zero-order chi connectivity index (χ0) is 35.0. The second kappa shape index (κ2) is 16.8. The summed E-state index contributed by atoms with van der Waals surface area (Å²) in [6, 6.07) is 32.9. The van der Waals surface area contributed by atoms with Crippen LogP contribution in [0.3, 0.4) is 0 Å². The summed E-state index contributed by atoms with van der Waals surface area (Å²) in [4.78, 5) is 20.1. The van der Waals surface area contributed by atoms with E-state index >= 15 is 0 Å². The fourth-order valence-corrected chi connectivity index (χ4v) is 8.07. The summed E-state index contributed by atoms with van der Waals surface area (Å²) >= 11 is -1.09. The Kier molecular flexibility index (Phi) is 12.8. The first kappa shape index (κ1) is 36.7. The van der Waals surface area contributed by atoms with Gasteiger partial charge in [-0.2, -0.15) is 0 Å². The van der Waals surface area contributed by atoms with E-state index in [9.17, 15) is 4.79 Å². The van der Waals surface area contributed by atoms with Crippen molar-refractivity contribution in [1.82, 2.24) is 0 Å². The Morgan fingerprint density at radius 2 is 1.08 bits per heavy atom. The molecule has 2 radical (unpaired) electrons. The van der Waals surface area contributed by atoms with Gasteiger partial charge in [-0.05, 0) is 0 Å². The number of aliphatic imine (C=N–C) groups is 1. The number of hydrogen-bond acceptors (Lipinski definition) is 3. The fraction of sp³-hybridized carbons (Fsp3) is 0.318. The van der Waals surface area contributed by atoms with Crippen molar-refractivity contribution in [3.05, 3.63) is 142 Å². The summed E-state index contributed by atoms with van der Waals surface area (Å²) in [6.45, 7) is 21.9. The SMILES string of the molecule is CC(=Nc1c(C(C)C)cccc1C(C)C)/C(C(=O)c1ccccc1)=C(/C)[N]([Ge][C]#Cc1ccccc1)c1c(C(C)C)cccc1C(C)C. The van der Waals surface area contributed by atoms with Gasteiger partial charge in [0, 0.05) is 0 Å². The monoisotopic (exact) mass is 696 g/mol. The minimum absolute atomic E-state index is 0.0248. The molecule has 0 atom stereocenters. The van der Waals surface area contributed by atoms with E-state index in [2.05, 4.69) is 113 Å². The number of carbonyl (C=O) groups is 1. The van der Waals surface area contributed by atoms with Gasteiger partial charge in [0.15, 0.2) is 0 Å². The standard InChI is InChI=1S/C44H50GeN2O/c1-29(2)37-23-17-24-38(30(3)4)42(37)46-33(9)41(44(48)36-21-15-12-16-22-36)34(10)47(45-28-27-35-19-13-11-14-20-35)43-39(31(5)6)25-18-26-40(43)32(7)8/h11-26,29-32H,1-10H3/b41-34+,46-33?. The number of carbonyl (C=O) groups excluding carboxylic acids is 1. The third-order valence-electron chi connectivity index (χ3n) is 8.66. The van der Waals surface area contributed by atoms with Crippen LogP contribution in [0.5, 0.6) is 0 Å². The molecule has 0 saturated heterocycles. The van der Waals surface area contributed by atoms with Crippen LogP contribution in [-0.2, 0) is 0 Å². The fourth-order valence-electron chi connectivity index (χ4n) is 6.06. The van der Waals surface area contributed by atoms with Crippen molar-refractivity contribution in [3.8, 4) is 10.7 Å². The van der Waals surface area contributed by atoms with Crippen molar-refractivity contribution in [1.29, 1.82) is 0 Å². The third kappa shape index (κ3) is 8.66. The van der Waals surface area contributed by atoms with Crippen LogP contribution >= 0.6 is 0 Å². The molecule has 4 aromatic rings. The molecule has 0 fully saturated rings. The first-order chi connectivity index (χ1) is 22.9. The van der Waals surface area contributed by atoms with Crippen LogP contribution in [0.15, 0.2) is 113 Å². The molecule has 4 heteroatoms. The van der Waals surface area contributed by atoms with Gasteiger partial charge in [0.2, 0.25) is 0 Å². The Hall–Kier alpha value is -4.14. The molecule has 0 spiro atoms. The van der Waals surface area contributed by atoms with Gasteiger partial charge in [-0.1, -0.05) is 0 Å². The molecule has 0 aliphatic carbocycles. The Morgan fingerprint density at radius 3 is 1.56 bits per heavy atom. The maximum atomic E-state index is 14.7. The first-order valence-electron chi connectivity index (χ1n) is 17.2. The van der Waals surface area contributed by atoms with Gasteiger partial charge in [0.05, 0.1) is 0 Å². The molecular weight excluding hydrogens is 645 g/mol. The Balaban J connectivity index is 2.08. The van der Waals surface area contributed by atoms with Crippen molar-refractivity contribution in [3.63, 3.8) is 0 Å². The average molecular weight is 696 g/mol. The number of hydrogen-bond donors (Lipinski definition) is 0. The second-order valence-corrected chi connectivity index (χ2v) is 15.5. The van der Waals surface area contributed by atoms with E-state index < -0.39 is 15.7 Å². The second-order valence-electron chi connectivity index (χ2n) is 13.6. The Labute approximate surface area is 296 Å². The van der Waals surface area contributed by atoms with Gasteiger partial charge in [-0.15, -0.1) is 0 Å². The van der Waals surface area contributed by atoms with Gasteiger partial charge >= 0.3 is 297 Å². The summed E-state index contributed by atoms with van der Waals surface area (Å²) in [5.41, 5.74) is 11.0. The molecule has 0 amide bonds. The quantitative estimate of drug-likeness (QED) is 0.0514. The van der Waals surface area contributed by atoms with Crippen LogP contribution in [-0.4, -0.2) is 27.1 Å². The van der Waals surface area contributed by atoms with Crippen LogP contribution in [0.2, 0.25) is 0 Å². The zero-order valence-corrected chi connectivity index (χ0v) is 32.4. The molecule has 0 aliphatic heterocycles. The Morgan fingerprint density at radius 1 is 0.625 bits per heavy atom. The predicted octanol–water partition coefficient (Wildman–Crippen LogP) is 11.6. The molecule has 0 unspecified atom stereocenters. The third-order valence-corrected chi connectivity index (χ3v) is 10.8. The molecule has 0 aliphatic rings. The van der Waals surface area contributed by atoms with Crippen molar-refractivity contribution >= 4 is 38.5 Å². The van der Waals surface area contributed by atoms with Crippen molar-refractivity contribution in [2.75, 3.05) is 3.86 Å². The van der Waals surface area contributed by atoms with Gasteiger partial charge in [-0.3, -0.25) is 0 Å². The molecule has 48 heavy (non-hydrogen) atoms. The molecule has 246 valence electrons. The number of Topliss-reactive ketones (excluding diaryl/α,β-unsaturated/α-hetero) is 1. The Bertz CT molecular complexity index is 1780. The molecule has 4 aromatic carbocycles. The van der Waals surface area contributed by atoms with Crippen molar-refractivity contribution in [2.45, 2.75) is 92.9 Å². The molecule has 0 bridgehead atoms. The maximum absolute atomic E-state index is 14.7. The number of rotatable bonds is 11. The van der Waals surface area contributed by atoms with Gasteiger partial charge in [0.25, 0.3) is 0 Å². The molecular formula is C44H50GeN2O. The van der Waals surface area contributed by atoms with Gasteiger partial charge < -0.3 is 0 Å². The number of ketones is 1. The molecule has 0 aromatic heterocycles. The number of anilines is 1. The number of benzene rings is 4. The van der Waals surface area contributed by atoms with Crippen LogP contribution < -0.4 is 3.86 Å². The first-order valence-corrected chi connectivity index (χ1v) is 19.1. The van der Waals surface area contributed by atoms with Crippen molar-refractivity contribution < 1.29 is 4.79 Å². The van der Waals surface area contributed by atoms with E-state index in [0.29, 0.717) is 11.1 Å². The van der Waals surface area contributed by atoms with E-state index in [-0.39, 0.29) is 29.5 Å². The van der Waals surface area contributed by atoms with Crippen LogP contribution in [0.4, 0.5) is 11.4 Å². The summed E-state index contributed by atoms with van der Waals surface area (Å²) in [5, 5.41) is 0. The van der Waals surface area contributed by atoms with Crippen LogP contribution in [0.25, 0.3) is 0 Å². The summed E-state index contributed by atoms with van der Waals surface area (Å²) in [5.74, 6) is 4.56. The topological polar surface area (TPSA) is 32.7 Å². The molecule has 0 saturated carbocycles. The van der Waals surface area contributed by atoms with Gasteiger partial charge in [0.1, 0.15) is 0 Å². The molecule has 0 heterocycles. The van der Waals surface area contributed by atoms with Crippen LogP contribution in [0, 0.1) is 10.7 Å². The summed E-state index contributed by atoms with van der Waals surface area (Å²) < 4.78 is 6.00. The van der Waals surface area contributed by atoms with E-state index in [0.717, 1.165) is 22.7 Å². The molecule has 0 N–H and O–H groups in total. The number of nitrogens with zero attached hydrogens (tertiary/aromatic N) is 2. The molecule has 4 rings (SSSR count).